The summed E-state index contributed by atoms with van der Waals surface area (Å²) in [7, 11) is 0. The van der Waals surface area contributed by atoms with Gasteiger partial charge in [-0.1, -0.05) is 18.2 Å². The van der Waals surface area contributed by atoms with Crippen molar-refractivity contribution in [3.8, 4) is 0 Å². The third-order valence-electron chi connectivity index (χ3n) is 3.71. The highest BCUT2D eigenvalue weighted by atomic mass is 16.2. The lowest BCUT2D eigenvalue weighted by Crippen LogP contribution is -2.33. The van der Waals surface area contributed by atoms with Crippen LogP contribution in [0.5, 0.6) is 0 Å². The summed E-state index contributed by atoms with van der Waals surface area (Å²) in [6.07, 6.45) is -0.258. The standard InChI is InChI=1S/C20H23N3O3/c1-4-23(18-10-5-7-14(2)11-18)20(26)13-19(25)22-17-9-6-8-16(12-17)21-15(3)24/h5-12H,4,13H2,1-3H3,(H,21,24)(H,22,25). The van der Waals surface area contributed by atoms with E-state index in [0.717, 1.165) is 11.3 Å². The van der Waals surface area contributed by atoms with E-state index in [2.05, 4.69) is 10.6 Å². The van der Waals surface area contributed by atoms with Gasteiger partial charge in [0.2, 0.25) is 17.7 Å². The summed E-state index contributed by atoms with van der Waals surface area (Å²) in [4.78, 5) is 37.4. The van der Waals surface area contributed by atoms with Crippen LogP contribution in [-0.4, -0.2) is 24.3 Å². The van der Waals surface area contributed by atoms with Crippen molar-refractivity contribution in [1.29, 1.82) is 0 Å². The predicted molar refractivity (Wildman–Crippen MR) is 103 cm³/mol. The molecule has 2 N–H and O–H groups in total. The maximum Gasteiger partial charge on any atom is 0.236 e. The van der Waals surface area contributed by atoms with Crippen LogP contribution in [0.4, 0.5) is 17.1 Å². The van der Waals surface area contributed by atoms with Gasteiger partial charge in [0.05, 0.1) is 0 Å². The number of nitrogens with zero attached hydrogens (tertiary/aromatic N) is 1. The fourth-order valence-corrected chi connectivity index (χ4v) is 2.61. The highest BCUT2D eigenvalue weighted by Crippen LogP contribution is 2.18. The van der Waals surface area contributed by atoms with Crippen LogP contribution in [0.25, 0.3) is 0 Å². The molecule has 0 aliphatic heterocycles. The van der Waals surface area contributed by atoms with Crippen LogP contribution in [-0.2, 0) is 14.4 Å². The van der Waals surface area contributed by atoms with Crippen LogP contribution in [0.3, 0.4) is 0 Å². The number of carbonyl (C=O) groups excluding carboxylic acids is 3. The lowest BCUT2D eigenvalue weighted by Gasteiger charge is -2.21. The van der Waals surface area contributed by atoms with Crippen molar-refractivity contribution in [3.05, 3.63) is 54.1 Å². The van der Waals surface area contributed by atoms with Crippen LogP contribution in [0.15, 0.2) is 48.5 Å². The van der Waals surface area contributed by atoms with Gasteiger partial charge in [0.25, 0.3) is 0 Å². The number of rotatable bonds is 6. The average molecular weight is 353 g/mol. The Morgan fingerprint density at radius 2 is 1.62 bits per heavy atom. The Morgan fingerprint density at radius 1 is 0.962 bits per heavy atom. The summed E-state index contributed by atoms with van der Waals surface area (Å²) in [6.45, 7) is 5.72. The number of hydrogen-bond donors (Lipinski definition) is 2. The van der Waals surface area contributed by atoms with Gasteiger partial charge in [-0.3, -0.25) is 14.4 Å². The molecular formula is C20H23N3O3. The zero-order valence-electron chi connectivity index (χ0n) is 15.2. The minimum Gasteiger partial charge on any atom is -0.326 e. The monoisotopic (exact) mass is 353 g/mol. The molecule has 0 fully saturated rings. The number of amides is 3. The quantitative estimate of drug-likeness (QED) is 0.782. The summed E-state index contributed by atoms with van der Waals surface area (Å²) >= 11 is 0. The number of hydrogen-bond acceptors (Lipinski definition) is 3. The van der Waals surface area contributed by atoms with Crippen LogP contribution in [0, 0.1) is 6.92 Å². The van der Waals surface area contributed by atoms with Crippen molar-refractivity contribution in [2.45, 2.75) is 27.2 Å². The van der Waals surface area contributed by atoms with E-state index < -0.39 is 5.91 Å². The summed E-state index contributed by atoms with van der Waals surface area (Å²) in [5, 5.41) is 5.34. The molecule has 6 nitrogen and oxygen atoms in total. The van der Waals surface area contributed by atoms with Gasteiger partial charge < -0.3 is 15.5 Å². The molecule has 0 saturated carbocycles. The molecule has 0 spiro atoms. The van der Waals surface area contributed by atoms with Gasteiger partial charge in [0, 0.05) is 30.5 Å². The Morgan fingerprint density at radius 3 is 2.23 bits per heavy atom. The second kappa shape index (κ2) is 8.80. The van der Waals surface area contributed by atoms with Gasteiger partial charge in [0.1, 0.15) is 6.42 Å². The first-order valence-electron chi connectivity index (χ1n) is 8.43. The van der Waals surface area contributed by atoms with Crippen LogP contribution < -0.4 is 15.5 Å². The Balaban J connectivity index is 2.02. The molecule has 26 heavy (non-hydrogen) atoms. The van der Waals surface area contributed by atoms with E-state index in [4.69, 9.17) is 0 Å². The number of aryl methyl sites for hydroxylation is 1. The largest absolute Gasteiger partial charge is 0.326 e. The van der Waals surface area contributed by atoms with Gasteiger partial charge >= 0.3 is 0 Å². The first-order chi connectivity index (χ1) is 12.4. The Hall–Kier alpha value is -3.15. The van der Waals surface area contributed by atoms with Crippen LogP contribution in [0.1, 0.15) is 25.8 Å². The second-order valence-corrected chi connectivity index (χ2v) is 5.96. The molecule has 136 valence electrons. The fourth-order valence-electron chi connectivity index (χ4n) is 2.61. The zero-order valence-corrected chi connectivity index (χ0v) is 15.2. The molecule has 0 radical (unpaired) electrons. The summed E-state index contributed by atoms with van der Waals surface area (Å²) in [6, 6.07) is 14.4. The van der Waals surface area contributed by atoms with Crippen molar-refractivity contribution in [1.82, 2.24) is 0 Å². The van der Waals surface area contributed by atoms with Crippen LogP contribution in [0.2, 0.25) is 0 Å². The number of nitrogens with one attached hydrogen (secondary N) is 2. The maximum atomic E-state index is 12.5. The number of anilines is 3. The number of benzene rings is 2. The van der Waals surface area contributed by atoms with E-state index in [-0.39, 0.29) is 18.2 Å². The Labute approximate surface area is 153 Å². The molecule has 2 rings (SSSR count). The molecule has 2 aromatic carbocycles. The third-order valence-corrected chi connectivity index (χ3v) is 3.71. The van der Waals surface area contributed by atoms with Crippen molar-refractivity contribution in [2.75, 3.05) is 22.1 Å². The van der Waals surface area contributed by atoms with Crippen LogP contribution >= 0.6 is 0 Å². The molecular weight excluding hydrogens is 330 g/mol. The molecule has 0 atom stereocenters. The average Bonchev–Trinajstić information content (AvgIpc) is 2.55. The topological polar surface area (TPSA) is 78.5 Å². The smallest absolute Gasteiger partial charge is 0.236 e. The molecule has 6 heteroatoms. The lowest BCUT2D eigenvalue weighted by molar-refractivity contribution is -0.125. The van der Waals surface area contributed by atoms with Gasteiger partial charge in [-0.2, -0.15) is 0 Å². The maximum absolute atomic E-state index is 12.5. The van der Waals surface area contributed by atoms with Crippen molar-refractivity contribution in [2.24, 2.45) is 0 Å². The summed E-state index contributed by atoms with van der Waals surface area (Å²) in [5.74, 6) is -0.866. The molecule has 0 aromatic heterocycles. The molecule has 0 bridgehead atoms. The summed E-state index contributed by atoms with van der Waals surface area (Å²) < 4.78 is 0. The normalized spacial score (nSPS) is 10.1. The van der Waals surface area contributed by atoms with E-state index in [1.807, 2.05) is 38.1 Å². The van der Waals surface area contributed by atoms with E-state index in [1.165, 1.54) is 6.92 Å². The van der Waals surface area contributed by atoms with Gasteiger partial charge in [-0.05, 0) is 49.7 Å². The summed E-state index contributed by atoms with van der Waals surface area (Å²) in [5.41, 5.74) is 2.93. The van der Waals surface area contributed by atoms with Crippen molar-refractivity contribution in [3.63, 3.8) is 0 Å². The van der Waals surface area contributed by atoms with Crippen molar-refractivity contribution < 1.29 is 14.4 Å². The molecule has 0 heterocycles. The highest BCUT2D eigenvalue weighted by molar-refractivity contribution is 6.09. The molecule has 2 aromatic rings. The predicted octanol–water partition coefficient (Wildman–Crippen LogP) is 3.34. The third kappa shape index (κ3) is 5.44. The SMILES string of the molecule is CCN(C(=O)CC(=O)Nc1cccc(NC(C)=O)c1)c1cccc(C)c1. The molecule has 0 saturated heterocycles. The minimum atomic E-state index is -0.402. The van der Waals surface area contributed by atoms with Gasteiger partial charge in [0.15, 0.2) is 0 Å². The Kier molecular flexibility index (Phi) is 6.49. The first-order valence-corrected chi connectivity index (χ1v) is 8.43. The minimum absolute atomic E-state index is 0.194. The van der Waals surface area contributed by atoms with E-state index in [9.17, 15) is 14.4 Å². The lowest BCUT2D eigenvalue weighted by atomic mass is 10.2. The van der Waals surface area contributed by atoms with E-state index in [0.29, 0.717) is 17.9 Å². The zero-order chi connectivity index (χ0) is 19.1. The highest BCUT2D eigenvalue weighted by Gasteiger charge is 2.18. The molecule has 3 amide bonds. The first kappa shape index (κ1) is 19.2. The van der Waals surface area contributed by atoms with E-state index >= 15 is 0 Å². The fraction of sp³-hybridized carbons (Fsp3) is 0.250. The van der Waals surface area contributed by atoms with Gasteiger partial charge in [-0.15, -0.1) is 0 Å². The Bertz CT molecular complexity index is 817. The van der Waals surface area contributed by atoms with Gasteiger partial charge in [-0.25, -0.2) is 0 Å². The van der Waals surface area contributed by atoms with E-state index in [1.54, 1.807) is 29.2 Å². The molecule has 0 aliphatic rings. The second-order valence-electron chi connectivity index (χ2n) is 5.96. The molecule has 0 aliphatic carbocycles. The number of carbonyl (C=O) groups is 3. The molecule has 0 unspecified atom stereocenters. The van der Waals surface area contributed by atoms with Crippen molar-refractivity contribution >= 4 is 34.8 Å².